The summed E-state index contributed by atoms with van der Waals surface area (Å²) in [4.78, 5) is 0.132. The van der Waals surface area contributed by atoms with Gasteiger partial charge in [0.05, 0.1) is 4.90 Å². The summed E-state index contributed by atoms with van der Waals surface area (Å²) in [7, 11) is -1.97. The number of halogens is 2. The van der Waals surface area contributed by atoms with E-state index in [1.807, 2.05) is 0 Å². The molecule has 1 fully saturated rings. The second-order valence-corrected chi connectivity index (χ2v) is 8.07. The maximum absolute atomic E-state index is 12.6. The van der Waals surface area contributed by atoms with Crippen LogP contribution in [0.2, 0.25) is 10.0 Å². The lowest BCUT2D eigenvalue weighted by Gasteiger charge is -2.32. The van der Waals surface area contributed by atoms with Crippen LogP contribution in [0.4, 0.5) is 0 Å². The highest BCUT2D eigenvalue weighted by Gasteiger charge is 2.30. The molecule has 1 aromatic carbocycles. The molecule has 0 aromatic heterocycles. The molecule has 4 nitrogen and oxygen atoms in total. The van der Waals surface area contributed by atoms with Crippen LogP contribution in [0.5, 0.6) is 0 Å². The van der Waals surface area contributed by atoms with Crippen molar-refractivity contribution in [2.45, 2.75) is 42.7 Å². The minimum Gasteiger partial charge on any atom is -0.328 e. The molecule has 2 rings (SSSR count). The van der Waals surface area contributed by atoms with E-state index >= 15 is 0 Å². The lowest BCUT2D eigenvalue weighted by molar-refractivity contribution is 0.268. The number of sulfonamides is 1. The monoisotopic (exact) mass is 336 g/mol. The molecule has 1 aliphatic rings. The SMILES string of the molecule is CN(C1CCC(N)CC1)S(=O)(=O)c1cc(Cl)cc(Cl)c1. The number of nitrogens with zero attached hydrogens (tertiary/aromatic N) is 1. The summed E-state index contributed by atoms with van der Waals surface area (Å²) in [5.41, 5.74) is 5.85. The second kappa shape index (κ2) is 6.20. The third-order valence-electron chi connectivity index (χ3n) is 3.77. The Morgan fingerprint density at radius 2 is 1.60 bits per heavy atom. The van der Waals surface area contributed by atoms with E-state index in [9.17, 15) is 8.42 Å². The zero-order chi connectivity index (χ0) is 14.9. The summed E-state index contributed by atoms with van der Waals surface area (Å²) in [5, 5.41) is 0.630. The van der Waals surface area contributed by atoms with Crippen LogP contribution < -0.4 is 5.73 Å². The molecule has 0 spiro atoms. The third-order valence-corrected chi connectivity index (χ3v) is 6.09. The van der Waals surface area contributed by atoms with Gasteiger partial charge in [-0.15, -0.1) is 0 Å². The first-order valence-electron chi connectivity index (χ1n) is 6.50. The molecule has 1 saturated carbocycles. The van der Waals surface area contributed by atoms with Gasteiger partial charge >= 0.3 is 0 Å². The Hall–Kier alpha value is -0.330. The molecule has 0 radical (unpaired) electrons. The predicted molar refractivity (Wildman–Crippen MR) is 81.6 cm³/mol. The van der Waals surface area contributed by atoms with Crippen LogP contribution in [0.3, 0.4) is 0 Å². The van der Waals surface area contributed by atoms with Crippen LogP contribution >= 0.6 is 23.2 Å². The van der Waals surface area contributed by atoms with E-state index in [-0.39, 0.29) is 17.0 Å². The number of hydrogen-bond donors (Lipinski definition) is 1. The summed E-state index contributed by atoms with van der Waals surface area (Å²) >= 11 is 11.8. The minimum absolute atomic E-state index is 0.0162. The molecule has 7 heteroatoms. The number of benzene rings is 1. The van der Waals surface area contributed by atoms with Gasteiger partial charge < -0.3 is 5.73 Å². The fourth-order valence-corrected chi connectivity index (χ4v) is 4.65. The largest absolute Gasteiger partial charge is 0.328 e. The van der Waals surface area contributed by atoms with Gasteiger partial charge in [0.15, 0.2) is 0 Å². The minimum atomic E-state index is -3.58. The fourth-order valence-electron chi connectivity index (χ4n) is 2.51. The van der Waals surface area contributed by atoms with E-state index in [2.05, 4.69) is 0 Å². The van der Waals surface area contributed by atoms with Crippen LogP contribution in [0.15, 0.2) is 23.1 Å². The molecule has 1 aliphatic carbocycles. The molecular weight excluding hydrogens is 319 g/mol. The Labute approximate surface area is 129 Å². The first-order valence-corrected chi connectivity index (χ1v) is 8.70. The summed E-state index contributed by atoms with van der Waals surface area (Å²) in [6, 6.07) is 4.53. The van der Waals surface area contributed by atoms with E-state index in [1.165, 1.54) is 22.5 Å². The van der Waals surface area contributed by atoms with Crippen molar-refractivity contribution in [3.63, 3.8) is 0 Å². The molecule has 0 bridgehead atoms. The lowest BCUT2D eigenvalue weighted by Crippen LogP contribution is -2.41. The Balaban J connectivity index is 2.25. The van der Waals surface area contributed by atoms with Crippen molar-refractivity contribution in [1.29, 1.82) is 0 Å². The van der Waals surface area contributed by atoms with Crippen molar-refractivity contribution in [2.24, 2.45) is 5.73 Å². The zero-order valence-corrected chi connectivity index (χ0v) is 13.5. The molecule has 20 heavy (non-hydrogen) atoms. The van der Waals surface area contributed by atoms with Crippen molar-refractivity contribution >= 4 is 33.2 Å². The van der Waals surface area contributed by atoms with Gasteiger partial charge in [-0.2, -0.15) is 4.31 Å². The van der Waals surface area contributed by atoms with E-state index in [0.717, 1.165) is 25.7 Å². The van der Waals surface area contributed by atoms with Crippen LogP contribution in [-0.4, -0.2) is 31.9 Å². The quantitative estimate of drug-likeness (QED) is 0.922. The standard InChI is InChI=1S/C13H18Cl2N2O2S/c1-17(12-4-2-11(16)3-5-12)20(18,19)13-7-9(14)6-10(15)8-13/h6-8,11-12H,2-5,16H2,1H3. The van der Waals surface area contributed by atoms with E-state index in [0.29, 0.717) is 10.0 Å². The molecule has 0 heterocycles. The maximum atomic E-state index is 12.6. The van der Waals surface area contributed by atoms with Crippen molar-refractivity contribution < 1.29 is 8.42 Å². The number of hydrogen-bond acceptors (Lipinski definition) is 3. The molecule has 0 unspecified atom stereocenters. The van der Waals surface area contributed by atoms with Gasteiger partial charge in [0, 0.05) is 29.2 Å². The van der Waals surface area contributed by atoms with Crippen LogP contribution in [0, 0.1) is 0 Å². The lowest BCUT2D eigenvalue weighted by atomic mass is 9.92. The van der Waals surface area contributed by atoms with Crippen molar-refractivity contribution in [3.05, 3.63) is 28.2 Å². The average Bonchev–Trinajstić information content (AvgIpc) is 2.37. The fraction of sp³-hybridized carbons (Fsp3) is 0.538. The average molecular weight is 337 g/mol. The molecule has 0 amide bonds. The van der Waals surface area contributed by atoms with Gasteiger partial charge in [0.1, 0.15) is 0 Å². The maximum Gasteiger partial charge on any atom is 0.243 e. The van der Waals surface area contributed by atoms with Gasteiger partial charge in [-0.25, -0.2) is 8.42 Å². The summed E-state index contributed by atoms with van der Waals surface area (Å²) in [6.07, 6.45) is 3.26. The molecule has 1 aromatic rings. The Morgan fingerprint density at radius 1 is 1.10 bits per heavy atom. The summed E-state index contributed by atoms with van der Waals surface area (Å²) in [6.45, 7) is 0. The second-order valence-electron chi connectivity index (χ2n) is 5.20. The van der Waals surface area contributed by atoms with Crippen molar-refractivity contribution in [2.75, 3.05) is 7.05 Å². The third kappa shape index (κ3) is 3.46. The highest BCUT2D eigenvalue weighted by Crippen LogP contribution is 2.29. The Kier molecular flexibility index (Phi) is 4.97. The highest BCUT2D eigenvalue weighted by molar-refractivity contribution is 7.89. The van der Waals surface area contributed by atoms with Gasteiger partial charge in [0.2, 0.25) is 10.0 Å². The highest BCUT2D eigenvalue weighted by atomic mass is 35.5. The van der Waals surface area contributed by atoms with E-state index in [1.54, 1.807) is 7.05 Å². The van der Waals surface area contributed by atoms with Gasteiger partial charge in [-0.05, 0) is 43.9 Å². The van der Waals surface area contributed by atoms with Gasteiger partial charge in [-0.3, -0.25) is 0 Å². The summed E-state index contributed by atoms with van der Waals surface area (Å²) < 4.78 is 26.6. The first-order chi connectivity index (χ1) is 9.30. The smallest absolute Gasteiger partial charge is 0.243 e. The number of rotatable bonds is 3. The van der Waals surface area contributed by atoms with Crippen molar-refractivity contribution in [1.82, 2.24) is 4.31 Å². The zero-order valence-electron chi connectivity index (χ0n) is 11.2. The molecule has 0 atom stereocenters. The van der Waals surface area contributed by atoms with E-state index in [4.69, 9.17) is 28.9 Å². The summed E-state index contributed by atoms with van der Waals surface area (Å²) in [5.74, 6) is 0. The first kappa shape index (κ1) is 16.0. The van der Waals surface area contributed by atoms with Crippen LogP contribution in [0.1, 0.15) is 25.7 Å². The predicted octanol–water partition coefficient (Wildman–Crippen LogP) is 2.88. The van der Waals surface area contributed by atoms with Crippen LogP contribution in [0.25, 0.3) is 0 Å². The van der Waals surface area contributed by atoms with Crippen molar-refractivity contribution in [3.8, 4) is 0 Å². The number of nitrogens with two attached hydrogens (primary N) is 1. The Morgan fingerprint density at radius 3 is 2.10 bits per heavy atom. The normalized spacial score (nSPS) is 24.1. The molecule has 0 saturated heterocycles. The Bertz CT molecular complexity index is 564. The van der Waals surface area contributed by atoms with E-state index < -0.39 is 10.0 Å². The molecule has 2 N–H and O–H groups in total. The molecule has 0 aliphatic heterocycles. The topological polar surface area (TPSA) is 63.4 Å². The van der Waals surface area contributed by atoms with Gasteiger partial charge in [0.25, 0.3) is 0 Å². The van der Waals surface area contributed by atoms with Gasteiger partial charge in [-0.1, -0.05) is 23.2 Å². The van der Waals surface area contributed by atoms with Crippen LogP contribution in [-0.2, 0) is 10.0 Å². The molecule has 112 valence electrons. The molecular formula is C13H18Cl2N2O2S.